The van der Waals surface area contributed by atoms with Gasteiger partial charge in [0.2, 0.25) is 0 Å². The number of morpholine rings is 1. The normalized spacial score (nSPS) is 21.7. The predicted molar refractivity (Wildman–Crippen MR) is 127 cm³/mol. The molecule has 9 heteroatoms. The van der Waals surface area contributed by atoms with E-state index >= 15 is 0 Å². The SMILES string of the molecule is C=CCC1O[C@@H](c2cccc(Cl)c2)C(c2ccc(Cl)cc2)N([C@@H](CCC)c2nn[nH]n2)C1=O. The molecule has 172 valence electrons. The van der Waals surface area contributed by atoms with Gasteiger partial charge in [-0.25, -0.2) is 0 Å². The van der Waals surface area contributed by atoms with Gasteiger partial charge in [0.25, 0.3) is 5.91 Å². The molecule has 1 aromatic heterocycles. The number of H-pyrrole nitrogens is 1. The number of aromatic amines is 1. The van der Waals surface area contributed by atoms with Gasteiger partial charge in [0.05, 0.1) is 12.1 Å². The molecular weight excluding hydrogens is 461 g/mol. The lowest BCUT2D eigenvalue weighted by Crippen LogP contribution is -2.52. The van der Waals surface area contributed by atoms with Gasteiger partial charge in [0.15, 0.2) is 5.82 Å². The molecule has 2 unspecified atom stereocenters. The maximum Gasteiger partial charge on any atom is 0.253 e. The second kappa shape index (κ2) is 10.5. The van der Waals surface area contributed by atoms with Gasteiger partial charge in [0, 0.05) is 16.5 Å². The number of nitrogens with one attached hydrogen (secondary N) is 1. The number of carbonyl (C=O) groups is 1. The molecule has 2 heterocycles. The van der Waals surface area contributed by atoms with Crippen LogP contribution in [0.5, 0.6) is 0 Å². The standard InChI is InChI=1S/C24H25Cl2N5O2/c1-3-6-19(23-27-29-30-28-23)31-21(15-10-12-17(25)13-11-15)22(16-8-5-9-18(26)14-16)33-20(7-4-2)24(31)32/h4-5,8-14,19-22H,2-3,6-7H2,1H3,(H,27,28,29,30)/t19-,20?,21?,22-/m0/s1. The van der Waals surface area contributed by atoms with E-state index in [4.69, 9.17) is 27.9 Å². The maximum absolute atomic E-state index is 13.8. The third kappa shape index (κ3) is 4.95. The van der Waals surface area contributed by atoms with Crippen molar-refractivity contribution in [3.05, 3.63) is 88.2 Å². The Hall–Kier alpha value is -2.74. The van der Waals surface area contributed by atoms with Crippen LogP contribution >= 0.6 is 23.2 Å². The van der Waals surface area contributed by atoms with E-state index in [1.165, 1.54) is 0 Å². The molecule has 1 N–H and O–H groups in total. The highest BCUT2D eigenvalue weighted by Crippen LogP contribution is 2.47. The summed E-state index contributed by atoms with van der Waals surface area (Å²) in [6, 6.07) is 14.1. The van der Waals surface area contributed by atoms with Crippen LogP contribution in [0.15, 0.2) is 61.2 Å². The lowest BCUT2D eigenvalue weighted by atomic mass is 9.89. The second-order valence-corrected chi connectivity index (χ2v) is 8.81. The van der Waals surface area contributed by atoms with Crippen molar-refractivity contribution < 1.29 is 9.53 Å². The van der Waals surface area contributed by atoms with Gasteiger partial charge in [-0.3, -0.25) is 4.79 Å². The van der Waals surface area contributed by atoms with Crippen LogP contribution in [0.1, 0.15) is 61.3 Å². The van der Waals surface area contributed by atoms with Crippen molar-refractivity contribution in [2.75, 3.05) is 0 Å². The summed E-state index contributed by atoms with van der Waals surface area (Å²) in [5.41, 5.74) is 1.76. The number of aromatic nitrogens is 4. The highest BCUT2D eigenvalue weighted by Gasteiger charge is 2.47. The molecule has 4 rings (SSSR count). The number of hydrogen-bond donors (Lipinski definition) is 1. The monoisotopic (exact) mass is 485 g/mol. The number of hydrogen-bond acceptors (Lipinski definition) is 5. The number of nitrogens with zero attached hydrogens (tertiary/aromatic N) is 4. The van der Waals surface area contributed by atoms with Gasteiger partial charge in [-0.1, -0.05) is 72.1 Å². The average Bonchev–Trinajstić information content (AvgIpc) is 3.34. The molecule has 33 heavy (non-hydrogen) atoms. The Morgan fingerprint density at radius 1 is 1.18 bits per heavy atom. The molecule has 3 aromatic rings. The van der Waals surface area contributed by atoms with Crippen LogP contribution in [0.3, 0.4) is 0 Å². The number of carbonyl (C=O) groups excluding carboxylic acids is 1. The molecule has 0 radical (unpaired) electrons. The van der Waals surface area contributed by atoms with Crippen molar-refractivity contribution in [1.29, 1.82) is 0 Å². The summed E-state index contributed by atoms with van der Waals surface area (Å²) in [5.74, 6) is 0.324. The van der Waals surface area contributed by atoms with Gasteiger partial charge in [0.1, 0.15) is 12.2 Å². The molecule has 0 saturated carbocycles. The Bertz CT molecular complexity index is 1090. The van der Waals surface area contributed by atoms with Crippen LogP contribution in [0.2, 0.25) is 10.0 Å². The Kier molecular flexibility index (Phi) is 7.42. The summed E-state index contributed by atoms with van der Waals surface area (Å²) >= 11 is 12.5. The van der Waals surface area contributed by atoms with Crippen LogP contribution < -0.4 is 0 Å². The minimum Gasteiger partial charge on any atom is -0.358 e. The molecule has 0 bridgehead atoms. The van der Waals surface area contributed by atoms with Crippen LogP contribution in [-0.2, 0) is 9.53 Å². The van der Waals surface area contributed by atoms with E-state index in [0.717, 1.165) is 17.5 Å². The van der Waals surface area contributed by atoms with Crippen LogP contribution in [0.25, 0.3) is 0 Å². The fourth-order valence-electron chi connectivity index (χ4n) is 4.33. The zero-order chi connectivity index (χ0) is 23.4. The van der Waals surface area contributed by atoms with Gasteiger partial charge >= 0.3 is 0 Å². The van der Waals surface area contributed by atoms with Gasteiger partial charge in [-0.15, -0.1) is 16.8 Å². The summed E-state index contributed by atoms with van der Waals surface area (Å²) in [6.07, 6.45) is 2.40. The highest BCUT2D eigenvalue weighted by molar-refractivity contribution is 6.30. The summed E-state index contributed by atoms with van der Waals surface area (Å²) < 4.78 is 6.44. The largest absolute Gasteiger partial charge is 0.358 e. The molecule has 0 aliphatic carbocycles. The minimum absolute atomic E-state index is 0.142. The highest BCUT2D eigenvalue weighted by atomic mass is 35.5. The van der Waals surface area contributed by atoms with E-state index < -0.39 is 18.2 Å². The van der Waals surface area contributed by atoms with Crippen LogP contribution in [0.4, 0.5) is 0 Å². The predicted octanol–water partition coefficient (Wildman–Crippen LogP) is 5.63. The molecule has 2 aromatic carbocycles. The second-order valence-electron chi connectivity index (χ2n) is 7.94. The lowest BCUT2D eigenvalue weighted by molar-refractivity contribution is -0.180. The third-order valence-electron chi connectivity index (χ3n) is 5.75. The molecule has 7 nitrogen and oxygen atoms in total. The topological polar surface area (TPSA) is 84.0 Å². The van der Waals surface area contributed by atoms with Gasteiger partial charge < -0.3 is 9.64 Å². The molecule has 1 fully saturated rings. The van der Waals surface area contributed by atoms with E-state index in [2.05, 4.69) is 34.1 Å². The first-order valence-electron chi connectivity index (χ1n) is 10.9. The molecule has 1 aliphatic heterocycles. The summed E-state index contributed by atoms with van der Waals surface area (Å²) in [5, 5.41) is 15.9. The van der Waals surface area contributed by atoms with Crippen molar-refractivity contribution in [2.45, 2.75) is 50.5 Å². The first-order chi connectivity index (χ1) is 16.0. The van der Waals surface area contributed by atoms with E-state index in [1.807, 2.05) is 53.4 Å². The Morgan fingerprint density at radius 3 is 2.61 bits per heavy atom. The van der Waals surface area contributed by atoms with Gasteiger partial charge in [-0.2, -0.15) is 5.21 Å². The molecule has 0 spiro atoms. The summed E-state index contributed by atoms with van der Waals surface area (Å²) in [4.78, 5) is 15.7. The van der Waals surface area contributed by atoms with E-state index in [9.17, 15) is 4.79 Å². The van der Waals surface area contributed by atoms with Crippen molar-refractivity contribution in [2.24, 2.45) is 0 Å². The maximum atomic E-state index is 13.8. The Morgan fingerprint density at radius 2 is 1.97 bits per heavy atom. The zero-order valence-electron chi connectivity index (χ0n) is 18.2. The fraction of sp³-hybridized carbons (Fsp3) is 0.333. The number of ether oxygens (including phenoxy) is 1. The molecular formula is C24H25Cl2N5O2. The number of rotatable bonds is 8. The Balaban J connectivity index is 1.90. The van der Waals surface area contributed by atoms with E-state index in [-0.39, 0.29) is 11.9 Å². The number of halogens is 2. The van der Waals surface area contributed by atoms with E-state index in [1.54, 1.807) is 6.08 Å². The summed E-state index contributed by atoms with van der Waals surface area (Å²) in [6.45, 7) is 5.88. The average molecular weight is 486 g/mol. The zero-order valence-corrected chi connectivity index (χ0v) is 19.7. The number of tetrazole rings is 1. The quantitative estimate of drug-likeness (QED) is 0.417. The Labute approximate surface area is 202 Å². The molecule has 1 amide bonds. The van der Waals surface area contributed by atoms with Crippen molar-refractivity contribution >= 4 is 29.1 Å². The first-order valence-corrected chi connectivity index (χ1v) is 11.6. The number of benzene rings is 2. The first kappa shape index (κ1) is 23.4. The van der Waals surface area contributed by atoms with Crippen molar-refractivity contribution in [1.82, 2.24) is 25.5 Å². The van der Waals surface area contributed by atoms with Crippen molar-refractivity contribution in [3.8, 4) is 0 Å². The molecule has 4 atom stereocenters. The number of amides is 1. The molecule has 1 saturated heterocycles. The lowest BCUT2D eigenvalue weighted by Gasteiger charge is -2.47. The van der Waals surface area contributed by atoms with Crippen LogP contribution in [-0.4, -0.2) is 37.5 Å². The summed E-state index contributed by atoms with van der Waals surface area (Å²) in [7, 11) is 0. The third-order valence-corrected chi connectivity index (χ3v) is 6.24. The van der Waals surface area contributed by atoms with Crippen LogP contribution in [0, 0.1) is 0 Å². The van der Waals surface area contributed by atoms with Gasteiger partial charge in [-0.05, 0) is 41.8 Å². The molecule has 1 aliphatic rings. The fourth-order valence-corrected chi connectivity index (χ4v) is 4.66. The smallest absolute Gasteiger partial charge is 0.253 e. The van der Waals surface area contributed by atoms with E-state index in [0.29, 0.717) is 28.7 Å². The minimum atomic E-state index is -0.693. The van der Waals surface area contributed by atoms with Crippen molar-refractivity contribution in [3.63, 3.8) is 0 Å².